The van der Waals surface area contributed by atoms with Gasteiger partial charge < -0.3 is 20.3 Å². The minimum absolute atomic E-state index is 0.00744. The second kappa shape index (κ2) is 12.1. The van der Waals surface area contributed by atoms with Crippen LogP contribution in [-0.4, -0.2) is 56.8 Å². The molecule has 2 saturated heterocycles. The third-order valence-electron chi connectivity index (χ3n) is 8.68. The highest BCUT2D eigenvalue weighted by atomic mass is 32.1. The largest absolute Gasteiger partial charge is 0.392 e. The number of carbonyl (C=O) groups is 2. The van der Waals surface area contributed by atoms with E-state index in [0.717, 1.165) is 42.0 Å². The lowest BCUT2D eigenvalue weighted by Gasteiger charge is -2.34. The molecule has 3 rings (SSSR count). The number of aliphatic hydroxyl groups is 2. The first kappa shape index (κ1) is 31.9. The molecule has 0 bridgehead atoms. The highest BCUT2D eigenvalue weighted by Gasteiger charge is 2.52. The molecule has 3 N–H and O–H groups in total. The Balaban J connectivity index is 1.84. The van der Waals surface area contributed by atoms with Gasteiger partial charge in [0.1, 0.15) is 5.78 Å². The molecule has 39 heavy (non-hydrogen) atoms. The lowest BCUT2D eigenvalue weighted by atomic mass is 9.72. The highest BCUT2D eigenvalue weighted by molar-refractivity contribution is 7.09. The molecule has 8 heteroatoms. The van der Waals surface area contributed by atoms with Crippen LogP contribution in [0.5, 0.6) is 0 Å². The Kier molecular flexibility index (Phi) is 9.90. The summed E-state index contributed by atoms with van der Waals surface area (Å²) in [5.41, 5.74) is 0.574. The van der Waals surface area contributed by atoms with E-state index in [-0.39, 0.29) is 47.2 Å². The number of nitrogens with one attached hydrogen (secondary N) is 1. The Hall–Kier alpha value is -1.61. The average molecular weight is 563 g/mol. The molecule has 1 aromatic rings. The number of ether oxygens (including phenoxy) is 1. The lowest BCUT2D eigenvalue weighted by Crippen LogP contribution is -2.47. The van der Waals surface area contributed by atoms with Gasteiger partial charge in [0.25, 0.3) is 0 Å². The van der Waals surface area contributed by atoms with Crippen LogP contribution in [0, 0.1) is 22.7 Å². The fourth-order valence-electron chi connectivity index (χ4n) is 5.67. The van der Waals surface area contributed by atoms with E-state index in [2.05, 4.69) is 33.0 Å². The Bertz CT molecular complexity index is 1060. The van der Waals surface area contributed by atoms with Crippen LogP contribution >= 0.6 is 11.3 Å². The van der Waals surface area contributed by atoms with Crippen molar-refractivity contribution in [2.24, 2.45) is 22.7 Å². The predicted molar refractivity (Wildman–Crippen MR) is 156 cm³/mol. The van der Waals surface area contributed by atoms with Crippen molar-refractivity contribution < 1.29 is 24.5 Å². The number of ketones is 1. The average Bonchev–Trinajstić information content (AvgIpc) is 3.24. The Labute approximate surface area is 238 Å². The standard InChI is InChI=1S/C31H50N2O5S/c1-18-11-10-12-31(9)24(38-31)14-22(19(2)13-21-17-39-26(32-21)16-29(4,5)6)33-25(35)15-23(34)30(7,8)28(37)20(3)27(18)36/h13,17-18,20,22-24,27,34,36H,10-12,14-16H2,1-9H3,(H,33,35)/t18-,20+,22-,23-,24-,27-,31+/m0/s1. The summed E-state index contributed by atoms with van der Waals surface area (Å²) in [5.74, 6) is -1.24. The number of Topliss-reactive ketones (excluding diaryl/α,β-unsaturated/α-hetero) is 1. The zero-order chi connectivity index (χ0) is 29.3. The van der Waals surface area contributed by atoms with Gasteiger partial charge in [-0.1, -0.05) is 54.9 Å². The monoisotopic (exact) mass is 562 g/mol. The number of hydrogen-bond acceptors (Lipinski definition) is 7. The number of aromatic nitrogens is 1. The number of thiazole rings is 1. The molecule has 2 aliphatic heterocycles. The number of rotatable bonds is 3. The van der Waals surface area contributed by atoms with Crippen molar-refractivity contribution >= 4 is 29.1 Å². The van der Waals surface area contributed by atoms with Crippen molar-refractivity contribution in [2.45, 2.75) is 131 Å². The molecule has 2 aliphatic rings. The van der Waals surface area contributed by atoms with E-state index in [9.17, 15) is 19.8 Å². The Morgan fingerprint density at radius 1 is 1.23 bits per heavy atom. The lowest BCUT2D eigenvalue weighted by molar-refractivity contribution is -0.143. The van der Waals surface area contributed by atoms with E-state index in [1.54, 1.807) is 32.1 Å². The number of fused-ring (bicyclic) bond motifs is 1. The summed E-state index contributed by atoms with van der Waals surface area (Å²) in [5, 5.41) is 28.1. The molecular weight excluding hydrogens is 512 g/mol. The van der Waals surface area contributed by atoms with Gasteiger partial charge >= 0.3 is 0 Å². The smallest absolute Gasteiger partial charge is 0.223 e. The van der Waals surface area contributed by atoms with Crippen LogP contribution in [0.1, 0.15) is 105 Å². The number of amides is 1. The number of epoxide rings is 1. The second-order valence-corrected chi connectivity index (χ2v) is 15.0. The van der Waals surface area contributed by atoms with E-state index >= 15 is 0 Å². The van der Waals surface area contributed by atoms with Gasteiger partial charge in [0.2, 0.25) is 5.91 Å². The Morgan fingerprint density at radius 2 is 1.90 bits per heavy atom. The van der Waals surface area contributed by atoms with E-state index in [4.69, 9.17) is 9.72 Å². The molecule has 1 amide bonds. The third kappa shape index (κ3) is 8.21. The SMILES string of the molecule is CC(=Cc1csc(CC(C)(C)C)n1)[C@@H]1C[C@@H]2O[C@]2(C)CCC[C@H](C)[C@H](O)[C@@H](C)C(=O)C(C)(C)[C@@H](O)CC(=O)N1. The molecule has 7 atom stereocenters. The van der Waals surface area contributed by atoms with E-state index in [1.165, 1.54) is 0 Å². The maximum atomic E-state index is 13.3. The van der Waals surface area contributed by atoms with E-state index in [1.807, 2.05) is 25.3 Å². The molecule has 2 fully saturated rings. The van der Waals surface area contributed by atoms with Crippen molar-refractivity contribution in [2.75, 3.05) is 0 Å². The molecule has 220 valence electrons. The summed E-state index contributed by atoms with van der Waals surface area (Å²) in [4.78, 5) is 31.3. The molecular formula is C31H50N2O5S. The first-order chi connectivity index (χ1) is 17.9. The van der Waals surface area contributed by atoms with Crippen molar-refractivity contribution in [3.63, 3.8) is 0 Å². The number of hydrogen-bond donors (Lipinski definition) is 3. The normalized spacial score (nSPS) is 35.3. The van der Waals surface area contributed by atoms with Crippen molar-refractivity contribution in [3.05, 3.63) is 21.7 Å². The van der Waals surface area contributed by atoms with Gasteiger partial charge in [-0.15, -0.1) is 11.3 Å². The van der Waals surface area contributed by atoms with Gasteiger partial charge in [0.15, 0.2) is 0 Å². The minimum atomic E-state index is -1.17. The molecule has 3 heterocycles. The number of aliphatic hydroxyl groups excluding tert-OH is 2. The fourth-order valence-corrected chi connectivity index (χ4v) is 6.72. The summed E-state index contributed by atoms with van der Waals surface area (Å²) in [6, 6.07) is -0.282. The van der Waals surface area contributed by atoms with Crippen LogP contribution in [-0.2, 0) is 20.7 Å². The van der Waals surface area contributed by atoms with Gasteiger partial charge in [-0.25, -0.2) is 4.98 Å². The quantitative estimate of drug-likeness (QED) is 0.429. The van der Waals surface area contributed by atoms with Crippen LogP contribution in [0.15, 0.2) is 11.0 Å². The molecule has 1 aromatic heterocycles. The molecule has 0 saturated carbocycles. The van der Waals surface area contributed by atoms with Crippen LogP contribution < -0.4 is 5.32 Å². The summed E-state index contributed by atoms with van der Waals surface area (Å²) in [6.07, 6.45) is 3.90. The zero-order valence-corrected chi connectivity index (χ0v) is 26.2. The maximum absolute atomic E-state index is 13.3. The Morgan fingerprint density at radius 3 is 2.54 bits per heavy atom. The summed E-state index contributed by atoms with van der Waals surface area (Å²) < 4.78 is 6.15. The van der Waals surface area contributed by atoms with Crippen molar-refractivity contribution in [3.8, 4) is 0 Å². The van der Waals surface area contributed by atoms with Gasteiger partial charge in [-0.05, 0) is 49.7 Å². The van der Waals surface area contributed by atoms with Crippen LogP contribution in [0.2, 0.25) is 0 Å². The summed E-state index contributed by atoms with van der Waals surface area (Å²) >= 11 is 1.65. The first-order valence-corrected chi connectivity index (χ1v) is 15.3. The van der Waals surface area contributed by atoms with Crippen molar-refractivity contribution in [1.82, 2.24) is 10.3 Å². The van der Waals surface area contributed by atoms with Gasteiger partial charge in [-0.3, -0.25) is 9.59 Å². The molecule has 0 unspecified atom stereocenters. The molecule has 0 radical (unpaired) electrons. The highest BCUT2D eigenvalue weighted by Crippen LogP contribution is 2.44. The van der Waals surface area contributed by atoms with E-state index in [0.29, 0.717) is 6.42 Å². The first-order valence-electron chi connectivity index (χ1n) is 14.4. The molecule has 7 nitrogen and oxygen atoms in total. The van der Waals surface area contributed by atoms with Gasteiger partial charge in [-0.2, -0.15) is 0 Å². The maximum Gasteiger partial charge on any atom is 0.223 e. The van der Waals surface area contributed by atoms with Gasteiger partial charge in [0, 0.05) is 24.1 Å². The topological polar surface area (TPSA) is 112 Å². The summed E-state index contributed by atoms with van der Waals surface area (Å²) in [7, 11) is 0. The van der Waals surface area contributed by atoms with Gasteiger partial charge in [0.05, 0.1) is 52.5 Å². The zero-order valence-electron chi connectivity index (χ0n) is 25.3. The van der Waals surface area contributed by atoms with Crippen molar-refractivity contribution in [1.29, 1.82) is 0 Å². The number of nitrogens with zero attached hydrogens (tertiary/aromatic N) is 1. The summed E-state index contributed by atoms with van der Waals surface area (Å²) in [6.45, 7) is 17.7. The predicted octanol–water partition coefficient (Wildman–Crippen LogP) is 5.33. The van der Waals surface area contributed by atoms with Crippen LogP contribution in [0.25, 0.3) is 6.08 Å². The number of carbonyl (C=O) groups excluding carboxylic acids is 2. The third-order valence-corrected chi connectivity index (χ3v) is 9.55. The van der Waals surface area contributed by atoms with E-state index < -0.39 is 23.5 Å². The van der Waals surface area contributed by atoms with Crippen LogP contribution in [0.3, 0.4) is 0 Å². The molecule has 0 aromatic carbocycles. The second-order valence-electron chi connectivity index (χ2n) is 14.0. The minimum Gasteiger partial charge on any atom is -0.392 e. The molecule has 0 spiro atoms. The van der Waals surface area contributed by atoms with Crippen LogP contribution in [0.4, 0.5) is 0 Å². The fraction of sp³-hybridized carbons (Fsp3) is 0.774. The molecule has 0 aliphatic carbocycles.